The van der Waals surface area contributed by atoms with Gasteiger partial charge < -0.3 is 9.64 Å². The zero-order chi connectivity index (χ0) is 20.1. The summed E-state index contributed by atoms with van der Waals surface area (Å²) in [6.45, 7) is 1.72. The van der Waals surface area contributed by atoms with Crippen LogP contribution in [0.25, 0.3) is 10.8 Å². The molecule has 28 heavy (non-hydrogen) atoms. The molecule has 1 amide bonds. The van der Waals surface area contributed by atoms with Crippen LogP contribution in [-0.2, 0) is 24.3 Å². The van der Waals surface area contributed by atoms with Gasteiger partial charge in [0, 0.05) is 12.6 Å². The van der Waals surface area contributed by atoms with Crippen LogP contribution in [0.5, 0.6) is 0 Å². The fraction of sp³-hybridized carbons (Fsp3) is 0.400. The Hall–Kier alpha value is -2.45. The summed E-state index contributed by atoms with van der Waals surface area (Å²) in [7, 11) is -3.86. The van der Waals surface area contributed by atoms with Gasteiger partial charge in [0.05, 0.1) is 4.90 Å². The van der Waals surface area contributed by atoms with Crippen molar-refractivity contribution in [3.8, 4) is 0 Å². The Bertz CT molecular complexity index is 973. The monoisotopic (exact) mass is 404 g/mol. The second kappa shape index (κ2) is 8.70. The maximum Gasteiger partial charge on any atom is 0.321 e. The third kappa shape index (κ3) is 4.88. The van der Waals surface area contributed by atoms with Gasteiger partial charge >= 0.3 is 5.97 Å². The van der Waals surface area contributed by atoms with Crippen LogP contribution >= 0.6 is 0 Å². The number of carbonyl (C=O) groups excluding carboxylic acids is 2. The van der Waals surface area contributed by atoms with E-state index in [9.17, 15) is 18.0 Å². The van der Waals surface area contributed by atoms with Crippen LogP contribution in [0.4, 0.5) is 0 Å². The smallest absolute Gasteiger partial charge is 0.321 e. The zero-order valence-electron chi connectivity index (χ0n) is 15.8. The van der Waals surface area contributed by atoms with Crippen molar-refractivity contribution in [2.24, 2.45) is 0 Å². The molecule has 1 aliphatic rings. The van der Waals surface area contributed by atoms with Crippen LogP contribution in [0.3, 0.4) is 0 Å². The molecule has 8 heteroatoms. The van der Waals surface area contributed by atoms with Crippen molar-refractivity contribution in [2.45, 2.75) is 37.1 Å². The van der Waals surface area contributed by atoms with E-state index in [0.29, 0.717) is 6.54 Å². The molecule has 1 saturated heterocycles. The molecule has 7 nitrogen and oxygen atoms in total. The third-order valence-corrected chi connectivity index (χ3v) is 6.32. The molecule has 0 aliphatic carbocycles. The second-order valence-electron chi connectivity index (χ2n) is 6.93. The van der Waals surface area contributed by atoms with Crippen molar-refractivity contribution in [3.63, 3.8) is 0 Å². The number of carbonyl (C=O) groups is 2. The van der Waals surface area contributed by atoms with Gasteiger partial charge in [-0.3, -0.25) is 9.59 Å². The molecule has 1 N–H and O–H groups in total. The summed E-state index contributed by atoms with van der Waals surface area (Å²) < 4.78 is 32.0. The van der Waals surface area contributed by atoms with Crippen molar-refractivity contribution < 1.29 is 22.7 Å². The molecule has 0 saturated carbocycles. The quantitative estimate of drug-likeness (QED) is 0.744. The number of nitrogens with one attached hydrogen (secondary N) is 1. The molecule has 2 aromatic rings. The van der Waals surface area contributed by atoms with E-state index < -0.39 is 22.5 Å². The van der Waals surface area contributed by atoms with Gasteiger partial charge in [-0.1, -0.05) is 30.3 Å². The molecule has 1 aliphatic heterocycles. The van der Waals surface area contributed by atoms with Gasteiger partial charge in [0.1, 0.15) is 6.54 Å². The minimum Gasteiger partial charge on any atom is -0.455 e. The predicted molar refractivity (Wildman–Crippen MR) is 105 cm³/mol. The van der Waals surface area contributed by atoms with E-state index in [4.69, 9.17) is 4.74 Å². The minimum absolute atomic E-state index is 0.0669. The first-order valence-electron chi connectivity index (χ1n) is 9.30. The molecule has 0 bridgehead atoms. The highest BCUT2D eigenvalue weighted by Crippen LogP contribution is 2.19. The SMILES string of the molecule is C[C@H]1CCCCN1C(=O)COC(=O)CNS(=O)(=O)c1ccc2ccccc2c1. The van der Waals surface area contributed by atoms with E-state index in [1.807, 2.05) is 31.2 Å². The van der Waals surface area contributed by atoms with Crippen LogP contribution < -0.4 is 4.72 Å². The van der Waals surface area contributed by atoms with Crippen LogP contribution in [0.2, 0.25) is 0 Å². The van der Waals surface area contributed by atoms with E-state index in [2.05, 4.69) is 4.72 Å². The first kappa shape index (κ1) is 20.3. The summed E-state index contributed by atoms with van der Waals surface area (Å²) in [6.07, 6.45) is 2.96. The van der Waals surface area contributed by atoms with Crippen LogP contribution in [-0.4, -0.2) is 50.9 Å². The molecule has 2 aromatic carbocycles. The largest absolute Gasteiger partial charge is 0.455 e. The fourth-order valence-corrected chi connectivity index (χ4v) is 4.32. The topological polar surface area (TPSA) is 92.8 Å². The van der Waals surface area contributed by atoms with Gasteiger partial charge in [-0.2, -0.15) is 4.72 Å². The molecule has 150 valence electrons. The standard InChI is InChI=1S/C20H24N2O5S/c1-15-6-4-5-11-22(15)19(23)14-27-20(24)13-21-28(25,26)18-10-9-16-7-2-3-8-17(16)12-18/h2-3,7-10,12,15,21H,4-6,11,13-14H2,1H3/t15-/m0/s1. The van der Waals surface area contributed by atoms with Gasteiger partial charge in [0.2, 0.25) is 10.0 Å². The van der Waals surface area contributed by atoms with Crippen LogP contribution in [0.1, 0.15) is 26.2 Å². The summed E-state index contributed by atoms with van der Waals surface area (Å²) in [5.74, 6) is -1.04. The van der Waals surface area contributed by atoms with Gasteiger partial charge in [-0.15, -0.1) is 0 Å². The van der Waals surface area contributed by atoms with Crippen molar-refractivity contribution in [2.75, 3.05) is 19.7 Å². The molecule has 1 heterocycles. The lowest BCUT2D eigenvalue weighted by Crippen LogP contribution is -2.44. The highest BCUT2D eigenvalue weighted by Gasteiger charge is 2.24. The summed E-state index contributed by atoms with van der Waals surface area (Å²) in [6, 6.07) is 12.3. The Morgan fingerprint density at radius 2 is 1.89 bits per heavy atom. The van der Waals surface area contributed by atoms with E-state index in [-0.39, 0.29) is 23.5 Å². The fourth-order valence-electron chi connectivity index (χ4n) is 3.32. The number of nitrogens with zero attached hydrogens (tertiary/aromatic N) is 1. The first-order chi connectivity index (χ1) is 13.4. The first-order valence-corrected chi connectivity index (χ1v) is 10.8. The summed E-state index contributed by atoms with van der Waals surface area (Å²) >= 11 is 0. The number of rotatable bonds is 6. The number of benzene rings is 2. The molecule has 0 aromatic heterocycles. The number of hydrogen-bond donors (Lipinski definition) is 1. The highest BCUT2D eigenvalue weighted by molar-refractivity contribution is 7.89. The molecular formula is C20H24N2O5S. The summed E-state index contributed by atoms with van der Waals surface area (Å²) in [4.78, 5) is 25.8. The lowest BCUT2D eigenvalue weighted by atomic mass is 10.0. The third-order valence-electron chi connectivity index (χ3n) is 4.92. The zero-order valence-corrected chi connectivity index (χ0v) is 16.6. The molecular weight excluding hydrogens is 380 g/mol. The Labute approximate surface area is 164 Å². The average Bonchev–Trinajstić information content (AvgIpc) is 2.70. The predicted octanol–water partition coefficient (Wildman–Crippen LogP) is 2.06. The number of piperidine rings is 1. The van der Waals surface area contributed by atoms with Gasteiger partial charge in [-0.25, -0.2) is 8.42 Å². The average molecular weight is 404 g/mol. The van der Waals surface area contributed by atoms with Crippen molar-refractivity contribution in [3.05, 3.63) is 42.5 Å². The number of hydrogen-bond acceptors (Lipinski definition) is 5. The van der Waals surface area contributed by atoms with Gasteiger partial charge in [0.25, 0.3) is 5.91 Å². The van der Waals surface area contributed by atoms with Gasteiger partial charge in [0.15, 0.2) is 6.61 Å². The molecule has 0 spiro atoms. The number of likely N-dealkylation sites (tertiary alicyclic amines) is 1. The Balaban J connectivity index is 1.53. The van der Waals surface area contributed by atoms with Gasteiger partial charge in [-0.05, 0) is 49.1 Å². The maximum atomic E-state index is 12.4. The molecule has 1 fully saturated rings. The number of sulfonamides is 1. The van der Waals surface area contributed by atoms with E-state index >= 15 is 0 Å². The lowest BCUT2D eigenvalue weighted by molar-refractivity contribution is -0.152. The molecule has 0 unspecified atom stereocenters. The van der Waals surface area contributed by atoms with E-state index in [0.717, 1.165) is 30.0 Å². The number of amides is 1. The normalized spacial score (nSPS) is 17.5. The Morgan fingerprint density at radius 1 is 1.14 bits per heavy atom. The number of ether oxygens (including phenoxy) is 1. The molecule has 1 atom stereocenters. The second-order valence-corrected chi connectivity index (χ2v) is 8.69. The lowest BCUT2D eigenvalue weighted by Gasteiger charge is -2.33. The molecule has 3 rings (SSSR count). The number of esters is 1. The van der Waals surface area contributed by atoms with E-state index in [1.165, 1.54) is 6.07 Å². The maximum absolute atomic E-state index is 12.4. The highest BCUT2D eigenvalue weighted by atomic mass is 32.2. The summed E-state index contributed by atoms with van der Waals surface area (Å²) in [5, 5.41) is 1.71. The van der Waals surface area contributed by atoms with E-state index in [1.54, 1.807) is 17.0 Å². The Morgan fingerprint density at radius 3 is 2.64 bits per heavy atom. The van der Waals surface area contributed by atoms with Crippen LogP contribution in [0, 0.1) is 0 Å². The van der Waals surface area contributed by atoms with Crippen LogP contribution in [0.15, 0.2) is 47.4 Å². The molecule has 0 radical (unpaired) electrons. The Kier molecular flexibility index (Phi) is 6.31. The van der Waals surface area contributed by atoms with Crippen molar-refractivity contribution in [1.82, 2.24) is 9.62 Å². The number of fused-ring (bicyclic) bond motifs is 1. The minimum atomic E-state index is -3.86. The summed E-state index contributed by atoms with van der Waals surface area (Å²) in [5.41, 5.74) is 0. The van der Waals surface area contributed by atoms with Crippen molar-refractivity contribution >= 4 is 32.7 Å². The van der Waals surface area contributed by atoms with Crippen molar-refractivity contribution in [1.29, 1.82) is 0 Å².